The van der Waals surface area contributed by atoms with E-state index in [1.165, 1.54) is 4.90 Å². The van der Waals surface area contributed by atoms with Crippen molar-refractivity contribution in [3.63, 3.8) is 0 Å². The van der Waals surface area contributed by atoms with Crippen LogP contribution in [0.4, 0.5) is 4.79 Å². The Morgan fingerprint density at radius 2 is 1.68 bits per heavy atom. The Balaban J connectivity index is 1.36. The lowest BCUT2D eigenvalue weighted by Gasteiger charge is -2.26. The number of amides is 2. The largest absolute Gasteiger partial charge is 0.480 e. The van der Waals surface area contributed by atoms with E-state index in [2.05, 4.69) is 29.6 Å². The monoisotopic (exact) mass is 464 g/mol. The van der Waals surface area contributed by atoms with Crippen molar-refractivity contribution in [3.05, 3.63) is 59.7 Å². The van der Waals surface area contributed by atoms with Crippen molar-refractivity contribution in [2.24, 2.45) is 11.8 Å². The Kier molecular flexibility index (Phi) is 7.50. The summed E-state index contributed by atoms with van der Waals surface area (Å²) in [5, 5.41) is 11.9. The van der Waals surface area contributed by atoms with E-state index in [4.69, 9.17) is 4.74 Å². The van der Waals surface area contributed by atoms with E-state index in [0.29, 0.717) is 25.3 Å². The molecule has 2 aromatic rings. The van der Waals surface area contributed by atoms with Gasteiger partial charge in [-0.25, -0.2) is 4.79 Å². The summed E-state index contributed by atoms with van der Waals surface area (Å²) in [7, 11) is 0. The average molecular weight is 465 g/mol. The summed E-state index contributed by atoms with van der Waals surface area (Å²) in [6, 6.07) is 16.3. The minimum absolute atomic E-state index is 0.0299. The number of carboxylic acids is 1. The smallest absolute Gasteiger partial charge is 0.407 e. The number of rotatable bonds is 11. The van der Waals surface area contributed by atoms with Crippen LogP contribution in [0.3, 0.4) is 0 Å². The van der Waals surface area contributed by atoms with Gasteiger partial charge in [-0.05, 0) is 41.0 Å². The lowest BCUT2D eigenvalue weighted by molar-refractivity contribution is -0.146. The van der Waals surface area contributed by atoms with Crippen LogP contribution in [0.2, 0.25) is 0 Å². The molecule has 1 unspecified atom stereocenters. The molecule has 2 N–H and O–H groups in total. The summed E-state index contributed by atoms with van der Waals surface area (Å²) in [5.74, 6) is -1.25. The highest BCUT2D eigenvalue weighted by Crippen LogP contribution is 2.44. The van der Waals surface area contributed by atoms with E-state index in [1.807, 2.05) is 31.2 Å². The molecule has 2 amide bonds. The second kappa shape index (κ2) is 10.7. The van der Waals surface area contributed by atoms with Crippen LogP contribution in [0, 0.1) is 11.8 Å². The van der Waals surface area contributed by atoms with Gasteiger partial charge in [-0.15, -0.1) is 0 Å². The molecular formula is C27H32N2O5. The normalized spacial score (nSPS) is 15.2. The number of carbonyl (C=O) groups excluding carboxylic acids is 2. The third-order valence-electron chi connectivity index (χ3n) is 6.63. The first-order valence-corrected chi connectivity index (χ1v) is 12.1. The molecular weight excluding hydrogens is 432 g/mol. The maximum Gasteiger partial charge on any atom is 0.407 e. The quantitative estimate of drug-likeness (QED) is 0.518. The molecule has 1 fully saturated rings. The number of nitrogens with one attached hydrogen (secondary N) is 1. The number of hydrogen-bond donors (Lipinski definition) is 2. The summed E-state index contributed by atoms with van der Waals surface area (Å²) in [6.45, 7) is 2.33. The maximum absolute atomic E-state index is 13.1. The molecule has 0 spiro atoms. The highest BCUT2D eigenvalue weighted by molar-refractivity contribution is 5.84. The lowest BCUT2D eigenvalue weighted by atomic mass is 9.98. The fourth-order valence-electron chi connectivity index (χ4n) is 4.84. The third-order valence-corrected chi connectivity index (χ3v) is 6.63. The van der Waals surface area contributed by atoms with Gasteiger partial charge in [0.15, 0.2) is 0 Å². The van der Waals surface area contributed by atoms with Crippen molar-refractivity contribution < 1.29 is 24.2 Å². The molecule has 2 aliphatic carbocycles. The predicted octanol–water partition coefficient (Wildman–Crippen LogP) is 4.26. The number of ether oxygens (including phenoxy) is 1. The number of nitrogens with zero attached hydrogens (tertiary/aromatic N) is 1. The van der Waals surface area contributed by atoms with E-state index in [9.17, 15) is 19.5 Å². The Hall–Kier alpha value is -3.35. The first-order chi connectivity index (χ1) is 16.5. The zero-order chi connectivity index (χ0) is 24.1. The number of hydrogen-bond acceptors (Lipinski definition) is 4. The van der Waals surface area contributed by atoms with Crippen LogP contribution >= 0.6 is 0 Å². The second-order valence-electron chi connectivity index (χ2n) is 9.24. The first kappa shape index (κ1) is 23.8. The Labute approximate surface area is 200 Å². The minimum Gasteiger partial charge on any atom is -0.480 e. The zero-order valence-corrected chi connectivity index (χ0v) is 19.5. The van der Waals surface area contributed by atoms with Gasteiger partial charge in [-0.1, -0.05) is 68.3 Å². The van der Waals surface area contributed by atoms with Crippen LogP contribution in [0.15, 0.2) is 48.5 Å². The van der Waals surface area contributed by atoms with Crippen molar-refractivity contribution in [3.8, 4) is 11.1 Å². The molecule has 180 valence electrons. The molecule has 0 heterocycles. The second-order valence-corrected chi connectivity index (χ2v) is 9.24. The van der Waals surface area contributed by atoms with Gasteiger partial charge < -0.3 is 20.1 Å². The topological polar surface area (TPSA) is 95.9 Å². The molecule has 0 saturated heterocycles. The van der Waals surface area contributed by atoms with Crippen LogP contribution in [0.5, 0.6) is 0 Å². The Morgan fingerprint density at radius 1 is 1.06 bits per heavy atom. The fourth-order valence-corrected chi connectivity index (χ4v) is 4.84. The SMILES string of the molecule is CCCN(CC(=O)O)C(=O)C(CNC(=O)OCC1c2ccccc2-c2ccccc21)CC1CC1. The van der Waals surface area contributed by atoms with Crippen LogP contribution in [-0.4, -0.2) is 54.2 Å². The lowest BCUT2D eigenvalue weighted by Crippen LogP contribution is -2.44. The molecule has 2 aromatic carbocycles. The van der Waals surface area contributed by atoms with Crippen molar-refractivity contribution in [2.45, 2.75) is 38.5 Å². The molecule has 2 aliphatic rings. The molecule has 7 heteroatoms. The van der Waals surface area contributed by atoms with Gasteiger partial charge in [0, 0.05) is 19.0 Å². The van der Waals surface area contributed by atoms with Crippen LogP contribution in [0.25, 0.3) is 11.1 Å². The summed E-state index contributed by atoms with van der Waals surface area (Å²) < 4.78 is 5.59. The van der Waals surface area contributed by atoms with Crippen LogP contribution in [-0.2, 0) is 14.3 Å². The van der Waals surface area contributed by atoms with Gasteiger partial charge in [0.05, 0.1) is 5.92 Å². The number of benzene rings is 2. The first-order valence-electron chi connectivity index (χ1n) is 12.1. The summed E-state index contributed by atoms with van der Waals surface area (Å²) in [6.07, 6.45) is 2.91. The highest BCUT2D eigenvalue weighted by atomic mass is 16.5. The van der Waals surface area contributed by atoms with Crippen molar-refractivity contribution in [2.75, 3.05) is 26.2 Å². The molecule has 7 nitrogen and oxygen atoms in total. The minimum atomic E-state index is -1.03. The number of fused-ring (bicyclic) bond motifs is 3. The van der Waals surface area contributed by atoms with Crippen molar-refractivity contribution >= 4 is 18.0 Å². The summed E-state index contributed by atoms with van der Waals surface area (Å²) >= 11 is 0. The highest BCUT2D eigenvalue weighted by Gasteiger charge is 2.33. The van der Waals surface area contributed by atoms with Crippen molar-refractivity contribution in [1.29, 1.82) is 0 Å². The van der Waals surface area contributed by atoms with Gasteiger partial charge in [-0.2, -0.15) is 0 Å². The van der Waals surface area contributed by atoms with E-state index in [1.54, 1.807) is 0 Å². The average Bonchev–Trinajstić information content (AvgIpc) is 3.60. The number of carbonyl (C=O) groups is 3. The molecule has 0 radical (unpaired) electrons. The molecule has 0 bridgehead atoms. The molecule has 4 rings (SSSR count). The van der Waals surface area contributed by atoms with Gasteiger partial charge in [0.25, 0.3) is 0 Å². The maximum atomic E-state index is 13.1. The summed E-state index contributed by atoms with van der Waals surface area (Å²) in [5.41, 5.74) is 4.61. The fraction of sp³-hybridized carbons (Fsp3) is 0.444. The number of carboxylic acid groups (broad SMARTS) is 1. The van der Waals surface area contributed by atoms with E-state index in [-0.39, 0.29) is 31.5 Å². The Bertz CT molecular complexity index is 1000. The van der Waals surface area contributed by atoms with E-state index >= 15 is 0 Å². The van der Waals surface area contributed by atoms with Crippen LogP contribution in [0.1, 0.15) is 49.7 Å². The molecule has 34 heavy (non-hydrogen) atoms. The third kappa shape index (κ3) is 5.58. The molecule has 0 aliphatic heterocycles. The molecule has 1 saturated carbocycles. The van der Waals surface area contributed by atoms with Crippen LogP contribution < -0.4 is 5.32 Å². The van der Waals surface area contributed by atoms with Crippen molar-refractivity contribution in [1.82, 2.24) is 10.2 Å². The number of alkyl carbamates (subject to hydrolysis) is 1. The van der Waals surface area contributed by atoms with Gasteiger partial charge in [0.1, 0.15) is 13.2 Å². The predicted molar refractivity (Wildman–Crippen MR) is 128 cm³/mol. The Morgan fingerprint density at radius 3 is 2.24 bits per heavy atom. The van der Waals surface area contributed by atoms with Gasteiger partial charge >= 0.3 is 12.1 Å². The number of aliphatic carboxylic acids is 1. The van der Waals surface area contributed by atoms with E-state index in [0.717, 1.165) is 35.1 Å². The molecule has 0 aromatic heterocycles. The van der Waals surface area contributed by atoms with Gasteiger partial charge in [-0.3, -0.25) is 9.59 Å². The van der Waals surface area contributed by atoms with Gasteiger partial charge in [0.2, 0.25) is 5.91 Å². The standard InChI is InChI=1S/C27H32N2O5/c1-2-13-29(16-25(30)31)26(32)19(14-18-11-12-18)15-28-27(33)34-17-24-22-9-5-3-7-20(22)21-8-4-6-10-23(21)24/h3-10,18-19,24H,2,11-17H2,1H3,(H,28,33)(H,30,31). The molecule has 1 atom stereocenters. The van der Waals surface area contributed by atoms with E-state index < -0.39 is 18.0 Å². The summed E-state index contributed by atoms with van der Waals surface area (Å²) in [4.78, 5) is 38.2. The zero-order valence-electron chi connectivity index (χ0n) is 19.5.